The maximum atomic E-state index is 11.6. The molecule has 0 atom stereocenters. The lowest BCUT2D eigenvalue weighted by Gasteiger charge is -2.24. The molecule has 0 saturated heterocycles. The van der Waals surface area contributed by atoms with Crippen LogP contribution in [0, 0.1) is 0 Å². The van der Waals surface area contributed by atoms with Gasteiger partial charge in [-0.3, -0.25) is 0 Å². The van der Waals surface area contributed by atoms with Gasteiger partial charge in [0.25, 0.3) is 0 Å². The fourth-order valence-electron chi connectivity index (χ4n) is 1.16. The summed E-state index contributed by atoms with van der Waals surface area (Å²) in [6.07, 6.45) is -0.418. The quantitative estimate of drug-likeness (QED) is 0.573. The van der Waals surface area contributed by atoms with Gasteiger partial charge in [-0.05, 0) is 41.5 Å². The van der Waals surface area contributed by atoms with Gasteiger partial charge in [0, 0.05) is 13.6 Å². The number of esters is 1. The largest absolute Gasteiger partial charge is 0.458 e. The summed E-state index contributed by atoms with van der Waals surface area (Å²) >= 11 is 0. The molecular formula is C14H27NO5. The van der Waals surface area contributed by atoms with Crippen LogP contribution in [0.4, 0.5) is 4.79 Å². The minimum absolute atomic E-state index is 0.126. The highest BCUT2D eigenvalue weighted by Gasteiger charge is 2.19. The molecule has 6 heteroatoms. The zero-order chi connectivity index (χ0) is 16.0. The molecule has 0 unspecified atom stereocenters. The summed E-state index contributed by atoms with van der Waals surface area (Å²) in [5.74, 6) is -0.419. The van der Waals surface area contributed by atoms with Crippen LogP contribution in [0.2, 0.25) is 0 Å². The molecule has 118 valence electrons. The molecule has 0 saturated carbocycles. The second-order valence-electron chi connectivity index (χ2n) is 6.54. The number of carbonyl (C=O) groups is 2. The Hall–Kier alpha value is -1.30. The highest BCUT2D eigenvalue weighted by Crippen LogP contribution is 2.09. The molecule has 0 radical (unpaired) electrons. The Morgan fingerprint density at radius 2 is 1.45 bits per heavy atom. The summed E-state index contributed by atoms with van der Waals surface area (Å²) in [5.41, 5.74) is -1.05. The minimum atomic E-state index is -0.525. The number of ether oxygens (including phenoxy) is 3. The van der Waals surface area contributed by atoms with Crippen LogP contribution in [0.1, 0.15) is 41.5 Å². The third-order valence-electron chi connectivity index (χ3n) is 1.92. The fraction of sp³-hybridized carbons (Fsp3) is 0.857. The van der Waals surface area contributed by atoms with Crippen LogP contribution in [-0.4, -0.2) is 55.0 Å². The van der Waals surface area contributed by atoms with Crippen LogP contribution in [0.3, 0.4) is 0 Å². The van der Waals surface area contributed by atoms with Crippen molar-refractivity contribution >= 4 is 12.1 Å². The molecule has 0 heterocycles. The zero-order valence-electron chi connectivity index (χ0n) is 13.6. The van der Waals surface area contributed by atoms with Crippen molar-refractivity contribution in [2.24, 2.45) is 0 Å². The predicted molar refractivity (Wildman–Crippen MR) is 75.5 cm³/mol. The van der Waals surface area contributed by atoms with Gasteiger partial charge in [0.2, 0.25) is 0 Å². The first-order valence-electron chi connectivity index (χ1n) is 6.64. The van der Waals surface area contributed by atoms with Gasteiger partial charge in [0.05, 0.1) is 6.61 Å². The number of rotatable bonds is 5. The molecule has 0 N–H and O–H groups in total. The average molecular weight is 289 g/mol. The molecule has 0 aliphatic heterocycles. The van der Waals surface area contributed by atoms with E-state index in [9.17, 15) is 9.59 Å². The standard InChI is InChI=1S/C14H27NO5/c1-13(2,3)19-11(16)10-18-9-8-15(7)12(17)20-14(4,5)6/h8-10H2,1-7H3. The normalized spacial score (nSPS) is 11.9. The van der Waals surface area contributed by atoms with E-state index in [1.807, 2.05) is 0 Å². The van der Waals surface area contributed by atoms with E-state index in [0.29, 0.717) is 6.54 Å². The predicted octanol–water partition coefficient (Wildman–Crippen LogP) is 2.21. The molecule has 0 aromatic rings. The maximum absolute atomic E-state index is 11.6. The zero-order valence-corrected chi connectivity index (χ0v) is 13.6. The topological polar surface area (TPSA) is 65.1 Å². The van der Waals surface area contributed by atoms with E-state index in [4.69, 9.17) is 14.2 Å². The van der Waals surface area contributed by atoms with Crippen LogP contribution in [0.5, 0.6) is 0 Å². The Balaban J connectivity index is 3.85. The summed E-state index contributed by atoms with van der Waals surface area (Å²) < 4.78 is 15.4. The summed E-state index contributed by atoms with van der Waals surface area (Å²) in [5, 5.41) is 0. The van der Waals surface area contributed by atoms with Gasteiger partial charge in [-0.2, -0.15) is 0 Å². The molecule has 0 fully saturated rings. The number of likely N-dealkylation sites (N-methyl/N-ethyl adjacent to an activating group) is 1. The van der Waals surface area contributed by atoms with Crippen molar-refractivity contribution in [3.05, 3.63) is 0 Å². The number of hydrogen-bond acceptors (Lipinski definition) is 5. The van der Waals surface area contributed by atoms with E-state index >= 15 is 0 Å². The van der Waals surface area contributed by atoms with Crippen LogP contribution < -0.4 is 0 Å². The average Bonchev–Trinajstić information content (AvgIpc) is 2.18. The van der Waals surface area contributed by atoms with Gasteiger partial charge in [-0.1, -0.05) is 0 Å². The van der Waals surface area contributed by atoms with Crippen molar-refractivity contribution in [2.45, 2.75) is 52.7 Å². The number of nitrogens with zero attached hydrogens (tertiary/aromatic N) is 1. The number of hydrogen-bond donors (Lipinski definition) is 0. The maximum Gasteiger partial charge on any atom is 0.410 e. The van der Waals surface area contributed by atoms with Gasteiger partial charge in [0.15, 0.2) is 0 Å². The van der Waals surface area contributed by atoms with Crippen LogP contribution in [-0.2, 0) is 19.0 Å². The van der Waals surface area contributed by atoms with Gasteiger partial charge < -0.3 is 19.1 Å². The second kappa shape index (κ2) is 7.47. The van der Waals surface area contributed by atoms with Crippen molar-refractivity contribution < 1.29 is 23.8 Å². The van der Waals surface area contributed by atoms with E-state index in [1.165, 1.54) is 4.90 Å². The first-order chi connectivity index (χ1) is 8.91. The molecule has 0 aliphatic rings. The van der Waals surface area contributed by atoms with Crippen molar-refractivity contribution in [3.63, 3.8) is 0 Å². The van der Waals surface area contributed by atoms with Crippen LogP contribution in [0.15, 0.2) is 0 Å². The van der Waals surface area contributed by atoms with Crippen LogP contribution >= 0.6 is 0 Å². The Morgan fingerprint density at radius 3 is 1.90 bits per heavy atom. The van der Waals surface area contributed by atoms with E-state index in [1.54, 1.807) is 48.6 Å². The SMILES string of the molecule is CN(CCOCC(=O)OC(C)(C)C)C(=O)OC(C)(C)C. The molecule has 0 spiro atoms. The smallest absolute Gasteiger partial charge is 0.410 e. The summed E-state index contributed by atoms with van der Waals surface area (Å²) in [4.78, 5) is 24.4. The Bertz CT molecular complexity index is 327. The molecular weight excluding hydrogens is 262 g/mol. The van der Waals surface area contributed by atoms with Crippen molar-refractivity contribution in [1.82, 2.24) is 4.90 Å². The summed E-state index contributed by atoms with van der Waals surface area (Å²) in [6.45, 7) is 11.3. The number of carbonyl (C=O) groups excluding carboxylic acids is 2. The van der Waals surface area contributed by atoms with Gasteiger partial charge in [-0.25, -0.2) is 9.59 Å². The van der Waals surface area contributed by atoms with Gasteiger partial charge in [-0.15, -0.1) is 0 Å². The van der Waals surface area contributed by atoms with Crippen LogP contribution in [0.25, 0.3) is 0 Å². The lowest BCUT2D eigenvalue weighted by atomic mass is 10.2. The Labute approximate surface area is 121 Å². The third kappa shape index (κ3) is 10.6. The molecule has 20 heavy (non-hydrogen) atoms. The third-order valence-corrected chi connectivity index (χ3v) is 1.92. The molecule has 1 amide bonds. The van der Waals surface area contributed by atoms with E-state index < -0.39 is 23.3 Å². The molecule has 0 bridgehead atoms. The molecule has 0 rings (SSSR count). The van der Waals surface area contributed by atoms with E-state index in [-0.39, 0.29) is 13.2 Å². The number of amides is 1. The van der Waals surface area contributed by atoms with Crippen molar-refractivity contribution in [1.29, 1.82) is 0 Å². The summed E-state index contributed by atoms with van der Waals surface area (Å²) in [6, 6.07) is 0. The minimum Gasteiger partial charge on any atom is -0.458 e. The lowest BCUT2D eigenvalue weighted by Crippen LogP contribution is -2.36. The summed E-state index contributed by atoms with van der Waals surface area (Å²) in [7, 11) is 1.62. The van der Waals surface area contributed by atoms with Crippen molar-refractivity contribution in [3.8, 4) is 0 Å². The Kier molecular flexibility index (Phi) is 6.99. The fourth-order valence-corrected chi connectivity index (χ4v) is 1.16. The molecule has 0 aromatic carbocycles. The molecule has 0 aliphatic carbocycles. The first kappa shape index (κ1) is 18.7. The van der Waals surface area contributed by atoms with E-state index in [0.717, 1.165) is 0 Å². The molecule has 6 nitrogen and oxygen atoms in total. The second-order valence-corrected chi connectivity index (χ2v) is 6.54. The monoisotopic (exact) mass is 289 g/mol. The van der Waals surface area contributed by atoms with Crippen molar-refractivity contribution in [2.75, 3.05) is 26.8 Å². The van der Waals surface area contributed by atoms with Gasteiger partial charge >= 0.3 is 12.1 Å². The highest BCUT2D eigenvalue weighted by atomic mass is 16.6. The van der Waals surface area contributed by atoms with Gasteiger partial charge in [0.1, 0.15) is 17.8 Å². The first-order valence-corrected chi connectivity index (χ1v) is 6.64. The molecule has 0 aromatic heterocycles. The Morgan fingerprint density at radius 1 is 0.950 bits per heavy atom. The highest BCUT2D eigenvalue weighted by molar-refractivity contribution is 5.71. The lowest BCUT2D eigenvalue weighted by molar-refractivity contribution is -0.160. The van der Waals surface area contributed by atoms with E-state index in [2.05, 4.69) is 0 Å².